The second-order valence-electron chi connectivity index (χ2n) is 3.61. The van der Waals surface area contributed by atoms with Gasteiger partial charge in [-0.1, -0.05) is 12.1 Å². The number of nitrogens with one attached hydrogen (secondary N) is 1. The predicted octanol–water partition coefficient (Wildman–Crippen LogP) is 1.85. The van der Waals surface area contributed by atoms with Crippen molar-refractivity contribution in [3.05, 3.63) is 47.9 Å². The Hall–Kier alpha value is -2.17. The fourth-order valence-electron chi connectivity index (χ4n) is 1.47. The Morgan fingerprint density at radius 2 is 2.18 bits per heavy atom. The van der Waals surface area contributed by atoms with Gasteiger partial charge < -0.3 is 11.1 Å². The van der Waals surface area contributed by atoms with Crippen LogP contribution in [0.15, 0.2) is 36.5 Å². The summed E-state index contributed by atoms with van der Waals surface area (Å²) in [5.41, 5.74) is 6.45. The van der Waals surface area contributed by atoms with Crippen LogP contribution in [0.2, 0.25) is 0 Å². The maximum absolute atomic E-state index is 12.9. The molecule has 2 rings (SSSR count). The van der Waals surface area contributed by atoms with Gasteiger partial charge in [0.2, 0.25) is 5.95 Å². The molecule has 0 aliphatic heterocycles. The maximum atomic E-state index is 12.9. The van der Waals surface area contributed by atoms with Gasteiger partial charge in [-0.15, -0.1) is 0 Å². The molecule has 0 saturated heterocycles. The highest BCUT2D eigenvalue weighted by molar-refractivity contribution is 5.35. The summed E-state index contributed by atoms with van der Waals surface area (Å²) >= 11 is 0. The van der Waals surface area contributed by atoms with Crippen LogP contribution < -0.4 is 11.1 Å². The number of nitrogen functional groups attached to an aromatic ring is 1. The Morgan fingerprint density at radius 3 is 2.94 bits per heavy atom. The minimum Gasteiger partial charge on any atom is -0.384 e. The topological polar surface area (TPSA) is 63.8 Å². The fourth-order valence-corrected chi connectivity index (χ4v) is 1.47. The number of hydrogen-bond acceptors (Lipinski definition) is 4. The van der Waals surface area contributed by atoms with Crippen molar-refractivity contribution in [2.45, 2.75) is 6.42 Å². The second kappa shape index (κ2) is 5.25. The van der Waals surface area contributed by atoms with Crippen LogP contribution in [0, 0.1) is 5.82 Å². The summed E-state index contributed by atoms with van der Waals surface area (Å²) in [7, 11) is 0. The molecule has 0 spiro atoms. The molecule has 5 heteroatoms. The molecule has 0 unspecified atom stereocenters. The SMILES string of the molecule is Nc1ccnc(NCCc2cccc(F)c2)n1. The number of aromatic nitrogens is 2. The molecule has 2 aromatic rings. The average molecular weight is 232 g/mol. The number of halogens is 1. The van der Waals surface area contributed by atoms with Crippen LogP contribution in [-0.2, 0) is 6.42 Å². The van der Waals surface area contributed by atoms with Crippen molar-refractivity contribution in [3.63, 3.8) is 0 Å². The van der Waals surface area contributed by atoms with E-state index in [2.05, 4.69) is 15.3 Å². The molecule has 0 fully saturated rings. The lowest BCUT2D eigenvalue weighted by Gasteiger charge is -2.05. The van der Waals surface area contributed by atoms with Crippen molar-refractivity contribution >= 4 is 11.8 Å². The molecule has 0 aliphatic rings. The van der Waals surface area contributed by atoms with Gasteiger partial charge in [-0.25, -0.2) is 9.37 Å². The van der Waals surface area contributed by atoms with E-state index in [1.807, 2.05) is 6.07 Å². The van der Waals surface area contributed by atoms with Crippen molar-refractivity contribution in [3.8, 4) is 0 Å². The van der Waals surface area contributed by atoms with Crippen molar-refractivity contribution in [2.75, 3.05) is 17.6 Å². The standard InChI is InChI=1S/C12H13FN4/c13-10-3-1-2-9(8-10)4-6-15-12-16-7-5-11(14)17-12/h1-3,5,7-8H,4,6H2,(H3,14,15,16,17). The first-order valence-electron chi connectivity index (χ1n) is 5.31. The smallest absolute Gasteiger partial charge is 0.224 e. The van der Waals surface area contributed by atoms with E-state index >= 15 is 0 Å². The van der Waals surface area contributed by atoms with Crippen molar-refractivity contribution in [2.24, 2.45) is 0 Å². The molecule has 0 bridgehead atoms. The van der Waals surface area contributed by atoms with Crippen LogP contribution in [0.5, 0.6) is 0 Å². The van der Waals surface area contributed by atoms with E-state index in [0.29, 0.717) is 24.7 Å². The number of hydrogen-bond donors (Lipinski definition) is 2. The molecule has 0 amide bonds. The minimum absolute atomic E-state index is 0.220. The lowest BCUT2D eigenvalue weighted by molar-refractivity contribution is 0.625. The van der Waals surface area contributed by atoms with E-state index in [-0.39, 0.29) is 5.82 Å². The van der Waals surface area contributed by atoms with Crippen LogP contribution in [-0.4, -0.2) is 16.5 Å². The van der Waals surface area contributed by atoms with E-state index in [1.54, 1.807) is 18.3 Å². The van der Waals surface area contributed by atoms with Gasteiger partial charge in [0.1, 0.15) is 11.6 Å². The molecule has 0 radical (unpaired) electrons. The van der Waals surface area contributed by atoms with Gasteiger partial charge in [-0.3, -0.25) is 0 Å². The third-order valence-electron chi connectivity index (χ3n) is 2.26. The van der Waals surface area contributed by atoms with Gasteiger partial charge >= 0.3 is 0 Å². The van der Waals surface area contributed by atoms with Crippen molar-refractivity contribution in [1.29, 1.82) is 0 Å². The Bertz CT molecular complexity index is 456. The summed E-state index contributed by atoms with van der Waals surface area (Å²) in [5, 5.41) is 3.03. The highest BCUT2D eigenvalue weighted by Gasteiger charge is 1.98. The monoisotopic (exact) mass is 232 g/mol. The zero-order valence-corrected chi connectivity index (χ0v) is 9.23. The van der Waals surface area contributed by atoms with Gasteiger partial charge in [-0.2, -0.15) is 4.98 Å². The van der Waals surface area contributed by atoms with Crippen molar-refractivity contribution in [1.82, 2.24) is 9.97 Å². The van der Waals surface area contributed by atoms with E-state index in [0.717, 1.165) is 5.56 Å². The van der Waals surface area contributed by atoms with Crippen LogP contribution >= 0.6 is 0 Å². The zero-order chi connectivity index (χ0) is 12.1. The first-order chi connectivity index (χ1) is 8.24. The predicted molar refractivity (Wildman–Crippen MR) is 65.0 cm³/mol. The normalized spacial score (nSPS) is 10.2. The van der Waals surface area contributed by atoms with Gasteiger partial charge in [0.05, 0.1) is 0 Å². The maximum Gasteiger partial charge on any atom is 0.224 e. The third kappa shape index (κ3) is 3.41. The Balaban J connectivity index is 1.87. The quantitative estimate of drug-likeness (QED) is 0.844. The number of benzene rings is 1. The first kappa shape index (κ1) is 11.3. The zero-order valence-electron chi connectivity index (χ0n) is 9.23. The molecular formula is C12H13FN4. The third-order valence-corrected chi connectivity index (χ3v) is 2.26. The Labute approximate surface area is 98.7 Å². The highest BCUT2D eigenvalue weighted by atomic mass is 19.1. The molecule has 3 N–H and O–H groups in total. The van der Waals surface area contributed by atoms with Crippen LogP contribution in [0.4, 0.5) is 16.2 Å². The summed E-state index contributed by atoms with van der Waals surface area (Å²) in [6, 6.07) is 8.14. The van der Waals surface area contributed by atoms with Crippen molar-refractivity contribution < 1.29 is 4.39 Å². The van der Waals surface area contributed by atoms with Gasteiger partial charge in [0.25, 0.3) is 0 Å². The molecule has 88 valence electrons. The summed E-state index contributed by atoms with van der Waals surface area (Å²) < 4.78 is 12.9. The van der Waals surface area contributed by atoms with E-state index in [1.165, 1.54) is 12.1 Å². The molecule has 17 heavy (non-hydrogen) atoms. The fraction of sp³-hybridized carbons (Fsp3) is 0.167. The molecule has 4 nitrogen and oxygen atoms in total. The molecule has 0 aliphatic carbocycles. The molecular weight excluding hydrogens is 219 g/mol. The van der Waals surface area contributed by atoms with E-state index in [4.69, 9.17) is 5.73 Å². The molecule has 1 aromatic heterocycles. The summed E-state index contributed by atoms with van der Waals surface area (Å²) in [6.07, 6.45) is 2.29. The summed E-state index contributed by atoms with van der Waals surface area (Å²) in [5.74, 6) is 0.692. The van der Waals surface area contributed by atoms with E-state index in [9.17, 15) is 4.39 Å². The van der Waals surface area contributed by atoms with E-state index < -0.39 is 0 Å². The Morgan fingerprint density at radius 1 is 1.29 bits per heavy atom. The number of nitrogens with two attached hydrogens (primary N) is 1. The lowest BCUT2D eigenvalue weighted by atomic mass is 10.1. The van der Waals surface area contributed by atoms with Crippen LogP contribution in [0.25, 0.3) is 0 Å². The lowest BCUT2D eigenvalue weighted by Crippen LogP contribution is -2.08. The molecule has 1 aromatic carbocycles. The van der Waals surface area contributed by atoms with Gasteiger partial charge in [-0.05, 0) is 30.2 Å². The summed E-state index contributed by atoms with van der Waals surface area (Å²) in [6.45, 7) is 0.632. The first-order valence-corrected chi connectivity index (χ1v) is 5.31. The van der Waals surface area contributed by atoms with Crippen LogP contribution in [0.3, 0.4) is 0 Å². The molecule has 1 heterocycles. The number of anilines is 2. The minimum atomic E-state index is -0.220. The average Bonchev–Trinajstić information content (AvgIpc) is 2.29. The van der Waals surface area contributed by atoms with Gasteiger partial charge in [0.15, 0.2) is 0 Å². The molecule has 0 saturated carbocycles. The summed E-state index contributed by atoms with van der Waals surface area (Å²) in [4.78, 5) is 8.02. The van der Waals surface area contributed by atoms with Gasteiger partial charge in [0, 0.05) is 12.7 Å². The number of rotatable bonds is 4. The largest absolute Gasteiger partial charge is 0.384 e. The highest BCUT2D eigenvalue weighted by Crippen LogP contribution is 2.05. The molecule has 0 atom stereocenters. The second-order valence-corrected chi connectivity index (χ2v) is 3.61. The van der Waals surface area contributed by atoms with Crippen LogP contribution in [0.1, 0.15) is 5.56 Å². The Kier molecular flexibility index (Phi) is 3.49. The number of nitrogens with zero attached hydrogens (tertiary/aromatic N) is 2.